The van der Waals surface area contributed by atoms with Crippen LogP contribution in [-0.4, -0.2) is 57.6 Å². The van der Waals surface area contributed by atoms with Crippen molar-refractivity contribution >= 4 is 34.3 Å². The molecule has 0 spiro atoms. The number of benzene rings is 1. The molecule has 1 aliphatic heterocycles. The van der Waals surface area contributed by atoms with E-state index in [1.54, 1.807) is 6.92 Å². The molecule has 198 valence electrons. The summed E-state index contributed by atoms with van der Waals surface area (Å²) in [4.78, 5) is 25.5. The molecule has 1 saturated carbocycles. The van der Waals surface area contributed by atoms with Crippen molar-refractivity contribution in [1.29, 1.82) is 0 Å². The van der Waals surface area contributed by atoms with Crippen LogP contribution in [0.25, 0.3) is 11.0 Å². The normalized spacial score (nSPS) is 16.8. The van der Waals surface area contributed by atoms with Crippen LogP contribution in [-0.2, 0) is 11.3 Å². The number of hydrogen-bond donors (Lipinski definition) is 2. The second-order valence-corrected chi connectivity index (χ2v) is 10.5. The van der Waals surface area contributed by atoms with E-state index >= 15 is 0 Å². The molecule has 1 aromatic carbocycles. The molecule has 3 heterocycles. The van der Waals surface area contributed by atoms with Gasteiger partial charge in [0.25, 0.3) is 0 Å². The van der Waals surface area contributed by atoms with Gasteiger partial charge in [-0.05, 0) is 56.0 Å². The molecule has 5 rings (SSSR count). The fourth-order valence-corrected chi connectivity index (χ4v) is 5.86. The minimum absolute atomic E-state index is 0.156. The number of fused-ring (bicyclic) bond motifs is 1. The topological polar surface area (TPSA) is 78.3 Å². The van der Waals surface area contributed by atoms with Crippen molar-refractivity contribution in [2.24, 2.45) is 0 Å². The first-order valence-corrected chi connectivity index (χ1v) is 14.0. The van der Waals surface area contributed by atoms with Crippen LogP contribution in [0.3, 0.4) is 0 Å². The van der Waals surface area contributed by atoms with Crippen molar-refractivity contribution < 1.29 is 4.79 Å². The third-order valence-corrected chi connectivity index (χ3v) is 8.10. The molecule has 2 aromatic heterocycles. The molecule has 2 N–H and O–H groups in total. The summed E-state index contributed by atoms with van der Waals surface area (Å²) in [6.45, 7) is 10.3. The average molecular weight is 504 g/mol. The van der Waals surface area contributed by atoms with E-state index in [4.69, 9.17) is 4.98 Å². The lowest BCUT2D eigenvalue weighted by molar-refractivity contribution is -0.129. The largest absolute Gasteiger partial charge is 0.368 e. The van der Waals surface area contributed by atoms with Crippen molar-refractivity contribution in [2.45, 2.75) is 77.9 Å². The molecule has 1 aliphatic carbocycles. The van der Waals surface area contributed by atoms with E-state index in [1.165, 1.54) is 37.1 Å². The third kappa shape index (κ3) is 5.74. The van der Waals surface area contributed by atoms with Crippen molar-refractivity contribution in [3.05, 3.63) is 42.2 Å². The maximum atomic E-state index is 11.6. The fourth-order valence-electron chi connectivity index (χ4n) is 5.86. The highest BCUT2D eigenvalue weighted by Gasteiger charge is 2.21. The Kier molecular flexibility index (Phi) is 7.93. The SMILES string of the molecule is CCC(CC)n1c(CNC2CCCC2)cc2cnc(Nc3ccc(N4CCN(C(C)=O)CC4)cc3)nc21. The smallest absolute Gasteiger partial charge is 0.229 e. The predicted octanol–water partition coefficient (Wildman–Crippen LogP) is 5.24. The lowest BCUT2D eigenvalue weighted by Gasteiger charge is -2.35. The fraction of sp³-hybridized carbons (Fsp3) is 0.552. The van der Waals surface area contributed by atoms with E-state index in [0.29, 0.717) is 18.0 Å². The summed E-state index contributed by atoms with van der Waals surface area (Å²) < 4.78 is 2.44. The zero-order valence-corrected chi connectivity index (χ0v) is 22.5. The van der Waals surface area contributed by atoms with Crippen molar-refractivity contribution in [1.82, 2.24) is 24.8 Å². The number of anilines is 3. The van der Waals surface area contributed by atoms with Gasteiger partial charge in [0.1, 0.15) is 5.65 Å². The number of carbonyl (C=O) groups is 1. The second-order valence-electron chi connectivity index (χ2n) is 10.5. The molecule has 8 nitrogen and oxygen atoms in total. The van der Waals surface area contributed by atoms with Gasteiger partial charge in [-0.3, -0.25) is 4.79 Å². The van der Waals surface area contributed by atoms with E-state index in [2.05, 4.69) is 69.3 Å². The summed E-state index contributed by atoms with van der Waals surface area (Å²) in [7, 11) is 0. The van der Waals surface area contributed by atoms with E-state index in [0.717, 1.165) is 62.3 Å². The number of carbonyl (C=O) groups excluding carboxylic acids is 1. The standard InChI is InChI=1S/C29H41N7O/c1-4-25(5-2)36-27(20-30-23-8-6-7-9-23)18-22-19-31-29(33-28(22)36)32-24-10-12-26(13-11-24)35-16-14-34(15-17-35)21(3)37/h10-13,18-19,23,25,30H,4-9,14-17,20H2,1-3H3,(H,31,32,33). The summed E-state index contributed by atoms with van der Waals surface area (Å²) in [5.74, 6) is 0.777. The van der Waals surface area contributed by atoms with Gasteiger partial charge in [0.05, 0.1) is 0 Å². The van der Waals surface area contributed by atoms with Crippen LogP contribution in [0.5, 0.6) is 0 Å². The Labute approximate surface area is 220 Å². The molecular formula is C29H41N7O. The number of rotatable bonds is 9. The first-order chi connectivity index (χ1) is 18.1. The summed E-state index contributed by atoms with van der Waals surface area (Å²) in [5, 5.41) is 8.30. The second kappa shape index (κ2) is 11.5. The number of nitrogens with one attached hydrogen (secondary N) is 2. The minimum Gasteiger partial charge on any atom is -0.368 e. The number of aromatic nitrogens is 3. The Hall–Kier alpha value is -3.13. The van der Waals surface area contributed by atoms with Gasteiger partial charge in [0, 0.05) is 80.4 Å². The molecule has 0 atom stereocenters. The van der Waals surface area contributed by atoms with Crippen molar-refractivity contribution in [3.8, 4) is 0 Å². The Balaban J connectivity index is 1.32. The maximum absolute atomic E-state index is 11.6. The lowest BCUT2D eigenvalue weighted by atomic mass is 10.1. The summed E-state index contributed by atoms with van der Waals surface area (Å²) in [6, 6.07) is 11.7. The molecule has 1 saturated heterocycles. The average Bonchev–Trinajstić information content (AvgIpc) is 3.57. The molecular weight excluding hydrogens is 462 g/mol. The van der Waals surface area contributed by atoms with Crippen molar-refractivity contribution in [3.63, 3.8) is 0 Å². The molecule has 1 amide bonds. The van der Waals surface area contributed by atoms with Crippen LogP contribution in [0.2, 0.25) is 0 Å². The number of hydrogen-bond acceptors (Lipinski definition) is 6. The van der Waals surface area contributed by atoms with Gasteiger partial charge in [0.2, 0.25) is 11.9 Å². The van der Waals surface area contributed by atoms with Crippen LogP contribution in [0.15, 0.2) is 36.5 Å². The minimum atomic E-state index is 0.156. The van der Waals surface area contributed by atoms with Crippen LogP contribution >= 0.6 is 0 Å². The molecule has 2 aliphatic rings. The van der Waals surface area contributed by atoms with E-state index in [1.807, 2.05) is 11.1 Å². The molecule has 2 fully saturated rings. The Bertz CT molecular complexity index is 1190. The maximum Gasteiger partial charge on any atom is 0.229 e. The van der Waals surface area contributed by atoms with Gasteiger partial charge in [-0.15, -0.1) is 0 Å². The Morgan fingerprint density at radius 1 is 1.05 bits per heavy atom. The summed E-state index contributed by atoms with van der Waals surface area (Å²) in [6.07, 6.45) is 9.35. The van der Waals surface area contributed by atoms with E-state index in [-0.39, 0.29) is 5.91 Å². The van der Waals surface area contributed by atoms with E-state index in [9.17, 15) is 4.79 Å². The van der Waals surface area contributed by atoms with Gasteiger partial charge >= 0.3 is 0 Å². The van der Waals surface area contributed by atoms with Gasteiger partial charge in [-0.25, -0.2) is 4.98 Å². The van der Waals surface area contributed by atoms with Gasteiger partial charge in [-0.2, -0.15) is 4.98 Å². The van der Waals surface area contributed by atoms with Gasteiger partial charge in [-0.1, -0.05) is 26.7 Å². The Morgan fingerprint density at radius 3 is 2.41 bits per heavy atom. The first-order valence-electron chi connectivity index (χ1n) is 14.0. The van der Waals surface area contributed by atoms with Crippen LogP contribution in [0.1, 0.15) is 71.0 Å². The van der Waals surface area contributed by atoms with Gasteiger partial charge < -0.3 is 25.0 Å². The summed E-state index contributed by atoms with van der Waals surface area (Å²) >= 11 is 0. The highest BCUT2D eigenvalue weighted by Crippen LogP contribution is 2.29. The molecule has 0 radical (unpaired) electrons. The predicted molar refractivity (Wildman–Crippen MR) is 150 cm³/mol. The molecule has 0 unspecified atom stereocenters. The first kappa shape index (κ1) is 25.5. The van der Waals surface area contributed by atoms with E-state index < -0.39 is 0 Å². The Morgan fingerprint density at radius 2 is 1.76 bits per heavy atom. The number of piperazine rings is 1. The van der Waals surface area contributed by atoms with Crippen LogP contribution < -0.4 is 15.5 Å². The zero-order valence-electron chi connectivity index (χ0n) is 22.5. The number of amides is 1. The summed E-state index contributed by atoms with van der Waals surface area (Å²) in [5.41, 5.74) is 4.45. The highest BCUT2D eigenvalue weighted by molar-refractivity contribution is 5.78. The zero-order chi connectivity index (χ0) is 25.8. The highest BCUT2D eigenvalue weighted by atomic mass is 16.2. The van der Waals surface area contributed by atoms with Crippen LogP contribution in [0.4, 0.5) is 17.3 Å². The quantitative estimate of drug-likeness (QED) is 0.416. The molecule has 0 bridgehead atoms. The molecule has 37 heavy (non-hydrogen) atoms. The molecule has 8 heteroatoms. The monoisotopic (exact) mass is 503 g/mol. The third-order valence-electron chi connectivity index (χ3n) is 8.10. The van der Waals surface area contributed by atoms with Crippen molar-refractivity contribution in [2.75, 3.05) is 36.4 Å². The van der Waals surface area contributed by atoms with Gasteiger partial charge in [0.15, 0.2) is 0 Å². The van der Waals surface area contributed by atoms with Crippen LogP contribution in [0, 0.1) is 0 Å². The number of nitrogens with zero attached hydrogens (tertiary/aromatic N) is 5. The molecule has 3 aromatic rings. The lowest BCUT2D eigenvalue weighted by Crippen LogP contribution is -2.48.